The Morgan fingerprint density at radius 2 is 2.32 bits per heavy atom. The van der Waals surface area contributed by atoms with Gasteiger partial charge in [0.1, 0.15) is 5.52 Å². The quantitative estimate of drug-likeness (QED) is 0.845. The minimum atomic E-state index is -0.925. The summed E-state index contributed by atoms with van der Waals surface area (Å²) < 4.78 is 8.32. The maximum absolute atomic E-state index is 12.3. The fourth-order valence-electron chi connectivity index (χ4n) is 2.29. The van der Waals surface area contributed by atoms with Crippen LogP contribution in [0.3, 0.4) is 0 Å². The molecule has 7 nitrogen and oxygen atoms in total. The summed E-state index contributed by atoms with van der Waals surface area (Å²) in [7, 11) is 0. The Labute approximate surface area is 108 Å². The van der Waals surface area contributed by atoms with Gasteiger partial charge in [0.2, 0.25) is 0 Å². The van der Waals surface area contributed by atoms with Gasteiger partial charge in [-0.15, -0.1) is 0 Å². The van der Waals surface area contributed by atoms with E-state index in [0.29, 0.717) is 25.2 Å². The Balaban J connectivity index is 2.10. The van der Waals surface area contributed by atoms with Gasteiger partial charge < -0.3 is 14.4 Å². The van der Waals surface area contributed by atoms with Crippen LogP contribution < -0.4 is 5.56 Å². The molecule has 0 unspecified atom stereocenters. The number of hydrogen-bond donors (Lipinski definition) is 1. The molecule has 1 N–H and O–H groups in total. The number of ether oxygens (including phenoxy) is 1. The Hall–Kier alpha value is -2.15. The molecule has 2 aromatic heterocycles. The van der Waals surface area contributed by atoms with E-state index in [1.165, 1.54) is 4.57 Å². The minimum Gasteiger partial charge on any atom is -0.481 e. The molecule has 0 spiro atoms. The molecule has 3 rings (SSSR count). The van der Waals surface area contributed by atoms with Crippen LogP contribution in [0.5, 0.6) is 0 Å². The van der Waals surface area contributed by atoms with Gasteiger partial charge in [0.25, 0.3) is 5.56 Å². The first-order chi connectivity index (χ1) is 9.16. The minimum absolute atomic E-state index is 0.0804. The van der Waals surface area contributed by atoms with E-state index in [2.05, 4.69) is 5.10 Å². The molecule has 0 aromatic carbocycles. The Kier molecular flexibility index (Phi) is 2.83. The average Bonchev–Trinajstić information content (AvgIpc) is 2.76. The highest BCUT2D eigenvalue weighted by Crippen LogP contribution is 2.18. The van der Waals surface area contributed by atoms with Crippen molar-refractivity contribution in [1.29, 1.82) is 0 Å². The second kappa shape index (κ2) is 4.51. The fourth-order valence-corrected chi connectivity index (χ4v) is 2.29. The van der Waals surface area contributed by atoms with Gasteiger partial charge in [-0.1, -0.05) is 0 Å². The molecule has 1 aliphatic heterocycles. The highest BCUT2D eigenvalue weighted by molar-refractivity contribution is 5.66. The summed E-state index contributed by atoms with van der Waals surface area (Å²) >= 11 is 0. The van der Waals surface area contributed by atoms with Crippen molar-refractivity contribution in [3.63, 3.8) is 0 Å². The second-order valence-electron chi connectivity index (χ2n) is 4.46. The highest BCUT2D eigenvalue weighted by atomic mass is 16.5. The molecule has 19 heavy (non-hydrogen) atoms. The number of fused-ring (bicyclic) bond motifs is 3. The first-order valence-electron chi connectivity index (χ1n) is 6.06. The Morgan fingerprint density at radius 3 is 3.11 bits per heavy atom. The van der Waals surface area contributed by atoms with Gasteiger partial charge in [0, 0.05) is 30.9 Å². The van der Waals surface area contributed by atoms with Crippen molar-refractivity contribution >= 4 is 11.5 Å². The normalized spacial score (nSPS) is 14.5. The summed E-state index contributed by atoms with van der Waals surface area (Å²) in [6.07, 6.45) is 3.86. The average molecular weight is 263 g/mol. The number of aryl methyl sites for hydroxylation is 1. The van der Waals surface area contributed by atoms with Crippen molar-refractivity contribution in [2.45, 2.75) is 26.0 Å². The molecule has 2 aromatic rings. The Bertz CT molecular complexity index is 701. The molecule has 7 heteroatoms. The summed E-state index contributed by atoms with van der Waals surface area (Å²) in [6.45, 7) is 1.16. The summed E-state index contributed by atoms with van der Waals surface area (Å²) in [5.41, 5.74) is 1.98. The maximum Gasteiger partial charge on any atom is 0.305 e. The van der Waals surface area contributed by atoms with E-state index in [1.54, 1.807) is 16.9 Å². The van der Waals surface area contributed by atoms with Crippen LogP contribution in [0.2, 0.25) is 0 Å². The van der Waals surface area contributed by atoms with Gasteiger partial charge in [-0.25, -0.2) is 4.52 Å². The summed E-state index contributed by atoms with van der Waals surface area (Å²) in [5.74, 6) is -0.925. The van der Waals surface area contributed by atoms with E-state index in [0.717, 1.165) is 11.3 Å². The molecule has 0 atom stereocenters. The monoisotopic (exact) mass is 263 g/mol. The van der Waals surface area contributed by atoms with E-state index >= 15 is 0 Å². The van der Waals surface area contributed by atoms with Crippen LogP contribution in [0.1, 0.15) is 17.7 Å². The van der Waals surface area contributed by atoms with Crippen LogP contribution in [-0.4, -0.2) is 31.9 Å². The third kappa shape index (κ3) is 2.01. The number of aliphatic carboxylic acids is 1. The molecular weight excluding hydrogens is 250 g/mol. The molecule has 0 bridgehead atoms. The number of hydrogen-bond acceptors (Lipinski definition) is 4. The predicted molar refractivity (Wildman–Crippen MR) is 65.1 cm³/mol. The van der Waals surface area contributed by atoms with Gasteiger partial charge in [-0.2, -0.15) is 5.10 Å². The van der Waals surface area contributed by atoms with Crippen molar-refractivity contribution < 1.29 is 14.6 Å². The van der Waals surface area contributed by atoms with Gasteiger partial charge in [-0.05, 0) is 0 Å². The number of carbonyl (C=O) groups is 1. The zero-order chi connectivity index (χ0) is 13.4. The number of carboxylic acid groups (broad SMARTS) is 1. The summed E-state index contributed by atoms with van der Waals surface area (Å²) in [6, 6.07) is 0. The number of rotatable bonds is 3. The molecule has 1 aliphatic rings. The SMILES string of the molecule is O=C(O)CCn1ccn2nc3c(c2c1=O)COCC3. The number of nitrogens with zero attached hydrogens (tertiary/aromatic N) is 3. The standard InChI is InChI=1S/C12H13N3O4/c16-10(17)1-3-14-4-5-15-11(12(14)18)8-7-19-6-2-9(8)13-15/h4-5H,1-3,6-7H2,(H,16,17). The van der Waals surface area contributed by atoms with E-state index < -0.39 is 5.97 Å². The summed E-state index contributed by atoms with van der Waals surface area (Å²) in [5, 5.41) is 13.0. The number of aromatic nitrogens is 3. The third-order valence-electron chi connectivity index (χ3n) is 3.24. The van der Waals surface area contributed by atoms with Crippen LogP contribution in [0, 0.1) is 0 Å². The van der Waals surface area contributed by atoms with Crippen molar-refractivity contribution in [2.24, 2.45) is 0 Å². The topological polar surface area (TPSA) is 85.8 Å². The lowest BCUT2D eigenvalue weighted by Gasteiger charge is -2.10. The van der Waals surface area contributed by atoms with Gasteiger partial charge in [0.15, 0.2) is 0 Å². The van der Waals surface area contributed by atoms with Gasteiger partial charge >= 0.3 is 5.97 Å². The molecular formula is C12H13N3O4. The first-order valence-corrected chi connectivity index (χ1v) is 6.06. The van der Waals surface area contributed by atoms with Crippen LogP contribution in [0.4, 0.5) is 0 Å². The molecule has 0 amide bonds. The molecule has 0 saturated heterocycles. The maximum atomic E-state index is 12.3. The lowest BCUT2D eigenvalue weighted by Crippen LogP contribution is -2.23. The lowest BCUT2D eigenvalue weighted by molar-refractivity contribution is -0.137. The van der Waals surface area contributed by atoms with Crippen molar-refractivity contribution in [2.75, 3.05) is 6.61 Å². The molecule has 100 valence electrons. The van der Waals surface area contributed by atoms with Crippen molar-refractivity contribution in [1.82, 2.24) is 14.2 Å². The lowest BCUT2D eigenvalue weighted by atomic mass is 10.1. The van der Waals surface area contributed by atoms with Crippen LogP contribution in [0.25, 0.3) is 5.52 Å². The fraction of sp³-hybridized carbons (Fsp3) is 0.417. The van der Waals surface area contributed by atoms with Crippen molar-refractivity contribution in [3.05, 3.63) is 34.0 Å². The van der Waals surface area contributed by atoms with E-state index in [-0.39, 0.29) is 18.5 Å². The van der Waals surface area contributed by atoms with E-state index in [1.807, 2.05) is 0 Å². The zero-order valence-electron chi connectivity index (χ0n) is 10.2. The second-order valence-corrected chi connectivity index (χ2v) is 4.46. The first kappa shape index (κ1) is 11.9. The molecule has 3 heterocycles. The van der Waals surface area contributed by atoms with Crippen LogP contribution in [0.15, 0.2) is 17.2 Å². The van der Waals surface area contributed by atoms with Crippen LogP contribution in [-0.2, 0) is 29.1 Å². The number of carboxylic acids is 1. The highest BCUT2D eigenvalue weighted by Gasteiger charge is 2.20. The Morgan fingerprint density at radius 1 is 1.47 bits per heavy atom. The van der Waals surface area contributed by atoms with Gasteiger partial charge in [0.05, 0.1) is 25.3 Å². The van der Waals surface area contributed by atoms with Crippen LogP contribution >= 0.6 is 0 Å². The van der Waals surface area contributed by atoms with E-state index in [9.17, 15) is 9.59 Å². The molecule has 0 radical (unpaired) electrons. The van der Waals surface area contributed by atoms with Gasteiger partial charge in [-0.3, -0.25) is 9.59 Å². The third-order valence-corrected chi connectivity index (χ3v) is 3.24. The largest absolute Gasteiger partial charge is 0.481 e. The molecule has 0 fully saturated rings. The smallest absolute Gasteiger partial charge is 0.305 e. The zero-order valence-corrected chi connectivity index (χ0v) is 10.2. The predicted octanol–water partition coefficient (Wildman–Crippen LogP) is 0.0434. The molecule has 0 aliphatic carbocycles. The van der Waals surface area contributed by atoms with Crippen molar-refractivity contribution in [3.8, 4) is 0 Å². The summed E-state index contributed by atoms with van der Waals surface area (Å²) in [4.78, 5) is 22.9. The molecule has 0 saturated carbocycles. The van der Waals surface area contributed by atoms with E-state index in [4.69, 9.17) is 9.84 Å².